The lowest BCUT2D eigenvalue weighted by molar-refractivity contribution is 0.376. The maximum Gasteiger partial charge on any atom is 0.165 e. The summed E-state index contributed by atoms with van der Waals surface area (Å²) >= 11 is 0. The predicted molar refractivity (Wildman–Crippen MR) is 76.8 cm³/mol. The highest BCUT2D eigenvalue weighted by Gasteiger charge is 2.12. The molecule has 0 aliphatic carbocycles. The molecule has 0 spiro atoms. The van der Waals surface area contributed by atoms with Crippen LogP contribution in [0.5, 0.6) is 0 Å². The normalized spacial score (nSPS) is 12.2. The summed E-state index contributed by atoms with van der Waals surface area (Å²) < 4.78 is 2.07. The number of nitrogens with two attached hydrogens (primary N) is 1. The predicted octanol–water partition coefficient (Wildman–Crippen LogP) is 1.35. The zero-order valence-electron chi connectivity index (χ0n) is 12.1. The van der Waals surface area contributed by atoms with Gasteiger partial charge in [0.2, 0.25) is 0 Å². The second-order valence-electron chi connectivity index (χ2n) is 5.98. The molecule has 0 amide bonds. The molecule has 0 aromatic carbocycles. The van der Waals surface area contributed by atoms with Gasteiger partial charge in [0.1, 0.15) is 12.2 Å². The Kier molecular flexibility index (Phi) is 3.71. The summed E-state index contributed by atoms with van der Waals surface area (Å²) in [6.45, 7) is 11.3. The Morgan fingerprint density at radius 1 is 1.32 bits per heavy atom. The largest absolute Gasteiger partial charge is 0.382 e. The Labute approximate surface area is 113 Å². The molecule has 0 aliphatic heterocycles. The van der Waals surface area contributed by atoms with Gasteiger partial charge in [0, 0.05) is 19.6 Å². The Morgan fingerprint density at radius 2 is 2.05 bits per heavy atom. The van der Waals surface area contributed by atoms with E-state index in [1.54, 1.807) is 0 Å². The summed E-state index contributed by atoms with van der Waals surface area (Å²) in [5.41, 5.74) is 7.60. The maximum atomic E-state index is 5.81. The van der Waals surface area contributed by atoms with Crippen molar-refractivity contribution in [3.05, 3.63) is 12.2 Å². The van der Waals surface area contributed by atoms with Crippen molar-refractivity contribution in [3.8, 4) is 0 Å². The third-order valence-corrected chi connectivity index (χ3v) is 2.92. The van der Waals surface area contributed by atoms with Gasteiger partial charge in [-0.3, -0.25) is 0 Å². The van der Waals surface area contributed by atoms with Crippen molar-refractivity contribution in [2.45, 2.75) is 34.2 Å². The summed E-state index contributed by atoms with van der Waals surface area (Å²) in [5, 5.41) is 3.45. The van der Waals surface area contributed by atoms with Crippen molar-refractivity contribution < 1.29 is 0 Å². The second-order valence-corrected chi connectivity index (χ2v) is 5.98. The van der Waals surface area contributed by atoms with Crippen LogP contribution >= 0.6 is 0 Å². The SMILES string of the molecule is Cc1nc2c(N)ncnc2n1CCNCC(C)(C)C. The molecular formula is C13H22N6. The van der Waals surface area contributed by atoms with Crippen LogP contribution in [-0.4, -0.2) is 32.6 Å². The maximum absolute atomic E-state index is 5.81. The van der Waals surface area contributed by atoms with Crippen LogP contribution in [0.25, 0.3) is 11.2 Å². The van der Waals surface area contributed by atoms with Crippen LogP contribution in [0.4, 0.5) is 5.82 Å². The number of aryl methyl sites for hydroxylation is 1. The van der Waals surface area contributed by atoms with Gasteiger partial charge in [0.05, 0.1) is 0 Å². The van der Waals surface area contributed by atoms with Gasteiger partial charge in [0.25, 0.3) is 0 Å². The van der Waals surface area contributed by atoms with E-state index >= 15 is 0 Å². The number of anilines is 1. The molecular weight excluding hydrogens is 240 g/mol. The molecule has 0 radical (unpaired) electrons. The quantitative estimate of drug-likeness (QED) is 0.813. The lowest BCUT2D eigenvalue weighted by Crippen LogP contribution is -2.29. The number of nitrogens with one attached hydrogen (secondary N) is 1. The number of fused-ring (bicyclic) bond motifs is 1. The van der Waals surface area contributed by atoms with Crippen molar-refractivity contribution in [1.29, 1.82) is 0 Å². The molecule has 0 saturated heterocycles. The first-order valence-electron chi connectivity index (χ1n) is 6.52. The molecule has 2 rings (SSSR count). The molecule has 0 atom stereocenters. The topological polar surface area (TPSA) is 81.7 Å². The highest BCUT2D eigenvalue weighted by Crippen LogP contribution is 2.17. The average Bonchev–Trinajstić information content (AvgIpc) is 2.62. The monoisotopic (exact) mass is 262 g/mol. The highest BCUT2D eigenvalue weighted by atomic mass is 15.2. The molecule has 0 fully saturated rings. The first-order chi connectivity index (χ1) is 8.88. The lowest BCUT2D eigenvalue weighted by atomic mass is 9.97. The molecule has 0 saturated carbocycles. The summed E-state index contributed by atoms with van der Waals surface area (Å²) in [7, 11) is 0. The van der Waals surface area contributed by atoms with Gasteiger partial charge in [-0.05, 0) is 12.3 Å². The fourth-order valence-corrected chi connectivity index (χ4v) is 1.98. The van der Waals surface area contributed by atoms with E-state index in [0.717, 1.165) is 31.1 Å². The van der Waals surface area contributed by atoms with E-state index in [0.29, 0.717) is 16.7 Å². The number of nitrogens with zero attached hydrogens (tertiary/aromatic N) is 4. The van der Waals surface area contributed by atoms with Crippen LogP contribution in [0.15, 0.2) is 6.33 Å². The van der Waals surface area contributed by atoms with Crippen LogP contribution in [0, 0.1) is 12.3 Å². The van der Waals surface area contributed by atoms with Crippen LogP contribution in [0.2, 0.25) is 0 Å². The molecule has 3 N–H and O–H groups in total. The molecule has 19 heavy (non-hydrogen) atoms. The number of rotatable bonds is 4. The average molecular weight is 262 g/mol. The molecule has 0 bridgehead atoms. The third-order valence-electron chi connectivity index (χ3n) is 2.92. The van der Waals surface area contributed by atoms with Gasteiger partial charge in [0.15, 0.2) is 17.0 Å². The zero-order valence-corrected chi connectivity index (χ0v) is 12.1. The molecule has 2 aromatic rings. The first kappa shape index (κ1) is 13.7. The minimum atomic E-state index is 0.290. The van der Waals surface area contributed by atoms with E-state index in [1.165, 1.54) is 6.33 Å². The molecule has 2 aromatic heterocycles. The third kappa shape index (κ3) is 3.20. The minimum Gasteiger partial charge on any atom is -0.382 e. The van der Waals surface area contributed by atoms with Crippen LogP contribution in [0.1, 0.15) is 26.6 Å². The van der Waals surface area contributed by atoms with Gasteiger partial charge >= 0.3 is 0 Å². The number of hydrogen-bond donors (Lipinski definition) is 2. The standard InChI is InChI=1S/C13H22N6/c1-9-18-10-11(14)16-8-17-12(10)19(9)6-5-15-7-13(2,3)4/h8,15H,5-7H2,1-4H3,(H2,14,16,17). The summed E-state index contributed by atoms with van der Waals surface area (Å²) in [6.07, 6.45) is 1.48. The van der Waals surface area contributed by atoms with Crippen LogP contribution in [0.3, 0.4) is 0 Å². The van der Waals surface area contributed by atoms with E-state index in [2.05, 4.69) is 45.6 Å². The Balaban J connectivity index is 2.09. The number of imidazole rings is 1. The van der Waals surface area contributed by atoms with E-state index in [-0.39, 0.29) is 0 Å². The van der Waals surface area contributed by atoms with Crippen molar-refractivity contribution >= 4 is 17.0 Å². The van der Waals surface area contributed by atoms with Gasteiger partial charge in [-0.1, -0.05) is 20.8 Å². The van der Waals surface area contributed by atoms with E-state index in [9.17, 15) is 0 Å². The van der Waals surface area contributed by atoms with Gasteiger partial charge in [-0.2, -0.15) is 0 Å². The molecule has 0 aliphatic rings. The zero-order chi connectivity index (χ0) is 14.0. The molecule has 2 heterocycles. The number of hydrogen-bond acceptors (Lipinski definition) is 5. The van der Waals surface area contributed by atoms with Crippen LogP contribution < -0.4 is 11.1 Å². The van der Waals surface area contributed by atoms with E-state index in [4.69, 9.17) is 5.73 Å². The highest BCUT2D eigenvalue weighted by molar-refractivity contribution is 5.81. The number of aromatic nitrogens is 4. The molecule has 6 nitrogen and oxygen atoms in total. The summed E-state index contributed by atoms with van der Waals surface area (Å²) in [4.78, 5) is 12.7. The molecule has 0 unspecified atom stereocenters. The summed E-state index contributed by atoms with van der Waals surface area (Å²) in [6, 6.07) is 0. The van der Waals surface area contributed by atoms with Crippen molar-refractivity contribution in [2.24, 2.45) is 5.41 Å². The fourth-order valence-electron chi connectivity index (χ4n) is 1.98. The first-order valence-corrected chi connectivity index (χ1v) is 6.52. The molecule has 6 heteroatoms. The minimum absolute atomic E-state index is 0.290. The Morgan fingerprint density at radius 3 is 2.74 bits per heavy atom. The fraction of sp³-hybridized carbons (Fsp3) is 0.615. The van der Waals surface area contributed by atoms with E-state index < -0.39 is 0 Å². The van der Waals surface area contributed by atoms with Gasteiger partial charge in [-0.25, -0.2) is 15.0 Å². The second kappa shape index (κ2) is 5.13. The number of nitrogen functional groups attached to an aromatic ring is 1. The lowest BCUT2D eigenvalue weighted by Gasteiger charge is -2.19. The van der Waals surface area contributed by atoms with Gasteiger partial charge in [-0.15, -0.1) is 0 Å². The Bertz CT molecular complexity index is 566. The summed E-state index contributed by atoms with van der Waals surface area (Å²) in [5.74, 6) is 1.36. The van der Waals surface area contributed by atoms with Crippen LogP contribution in [-0.2, 0) is 6.54 Å². The smallest absolute Gasteiger partial charge is 0.165 e. The van der Waals surface area contributed by atoms with E-state index in [1.807, 2.05) is 6.92 Å². The Hall–Kier alpha value is -1.69. The van der Waals surface area contributed by atoms with Crippen molar-refractivity contribution in [3.63, 3.8) is 0 Å². The van der Waals surface area contributed by atoms with Crippen molar-refractivity contribution in [2.75, 3.05) is 18.8 Å². The molecule has 104 valence electrons. The van der Waals surface area contributed by atoms with Crippen molar-refractivity contribution in [1.82, 2.24) is 24.8 Å². The van der Waals surface area contributed by atoms with Gasteiger partial charge < -0.3 is 15.6 Å².